The van der Waals surface area contributed by atoms with Gasteiger partial charge in [0.25, 0.3) is 0 Å². The molecule has 3 heterocycles. The van der Waals surface area contributed by atoms with Crippen LogP contribution < -0.4 is 4.74 Å². The molecular formula is C19H18F3N3OS. The second-order valence-corrected chi connectivity index (χ2v) is 7.37. The van der Waals surface area contributed by atoms with Crippen molar-refractivity contribution in [1.29, 1.82) is 0 Å². The van der Waals surface area contributed by atoms with Crippen LogP contribution >= 0.6 is 11.9 Å². The Morgan fingerprint density at radius 3 is 2.70 bits per heavy atom. The summed E-state index contributed by atoms with van der Waals surface area (Å²) in [6.45, 7) is 2.08. The third kappa shape index (κ3) is 4.05. The van der Waals surface area contributed by atoms with Crippen LogP contribution in [-0.2, 0) is 6.18 Å². The van der Waals surface area contributed by atoms with Crippen LogP contribution in [0, 0.1) is 0 Å². The van der Waals surface area contributed by atoms with Gasteiger partial charge < -0.3 is 9.64 Å². The summed E-state index contributed by atoms with van der Waals surface area (Å²) in [5.74, 6) is 2.79. The maximum Gasteiger partial charge on any atom is 0.416 e. The number of nitrogens with zero attached hydrogens (tertiary/aromatic N) is 3. The average molecular weight is 393 g/mol. The second kappa shape index (κ2) is 7.42. The highest BCUT2D eigenvalue weighted by Crippen LogP contribution is 2.34. The summed E-state index contributed by atoms with van der Waals surface area (Å²) in [7, 11) is 0. The first-order valence-corrected chi connectivity index (χ1v) is 9.71. The van der Waals surface area contributed by atoms with Crippen LogP contribution in [0.25, 0.3) is 0 Å². The zero-order chi connectivity index (χ0) is 18.9. The topological polar surface area (TPSA) is 37.7 Å². The highest BCUT2D eigenvalue weighted by Gasteiger charge is 2.31. The molecule has 2 aliphatic heterocycles. The van der Waals surface area contributed by atoms with Crippen LogP contribution in [0.5, 0.6) is 11.6 Å². The Labute approximate surface area is 159 Å². The fourth-order valence-electron chi connectivity index (χ4n) is 3.41. The van der Waals surface area contributed by atoms with Crippen molar-refractivity contribution in [2.45, 2.75) is 24.9 Å². The van der Waals surface area contributed by atoms with Crippen LogP contribution in [0.3, 0.4) is 0 Å². The SMILES string of the molecule is FC(F)(F)c1ccnc(Oc2ccc(C3CCCN4CCSN=C34)cc2)c1. The lowest BCUT2D eigenvalue weighted by Gasteiger charge is -2.37. The fraction of sp³-hybridized carbons (Fsp3) is 0.368. The lowest BCUT2D eigenvalue weighted by atomic mass is 9.89. The van der Waals surface area contributed by atoms with Crippen LogP contribution in [-0.4, -0.2) is 34.6 Å². The van der Waals surface area contributed by atoms with Crippen molar-refractivity contribution in [3.8, 4) is 11.6 Å². The molecule has 2 aliphatic rings. The Morgan fingerprint density at radius 1 is 1.11 bits per heavy atom. The molecule has 8 heteroatoms. The van der Waals surface area contributed by atoms with E-state index in [-0.39, 0.29) is 11.8 Å². The first-order chi connectivity index (χ1) is 13.0. The third-order valence-corrected chi connectivity index (χ3v) is 5.42. The largest absolute Gasteiger partial charge is 0.439 e. The van der Waals surface area contributed by atoms with E-state index in [1.165, 1.54) is 0 Å². The number of rotatable bonds is 3. The van der Waals surface area contributed by atoms with Crippen molar-refractivity contribution in [2.24, 2.45) is 4.40 Å². The molecule has 27 heavy (non-hydrogen) atoms. The van der Waals surface area contributed by atoms with Crippen molar-refractivity contribution in [1.82, 2.24) is 9.88 Å². The molecule has 4 rings (SSSR count). The van der Waals surface area contributed by atoms with Crippen molar-refractivity contribution in [3.05, 3.63) is 53.7 Å². The first-order valence-electron chi connectivity index (χ1n) is 8.76. The summed E-state index contributed by atoms with van der Waals surface area (Å²) in [6, 6.07) is 9.28. The van der Waals surface area contributed by atoms with Crippen molar-refractivity contribution in [2.75, 3.05) is 18.8 Å². The van der Waals surface area contributed by atoms with Gasteiger partial charge in [-0.2, -0.15) is 13.2 Å². The zero-order valence-electron chi connectivity index (χ0n) is 14.4. The van der Waals surface area contributed by atoms with E-state index in [4.69, 9.17) is 4.74 Å². The lowest BCUT2D eigenvalue weighted by molar-refractivity contribution is -0.137. The zero-order valence-corrected chi connectivity index (χ0v) is 15.3. The Balaban J connectivity index is 1.50. The van der Waals surface area contributed by atoms with Gasteiger partial charge in [0.2, 0.25) is 5.88 Å². The predicted octanol–water partition coefficient (Wildman–Crippen LogP) is 5.13. The molecule has 0 bridgehead atoms. The molecular weight excluding hydrogens is 375 g/mol. The number of amidine groups is 1. The molecule has 0 saturated carbocycles. The fourth-order valence-corrected chi connectivity index (χ4v) is 4.18. The van der Waals surface area contributed by atoms with Gasteiger partial charge in [0.05, 0.1) is 5.56 Å². The number of hydrogen-bond donors (Lipinski definition) is 0. The smallest absolute Gasteiger partial charge is 0.416 e. The first kappa shape index (κ1) is 18.2. The van der Waals surface area contributed by atoms with E-state index in [0.717, 1.165) is 61.4 Å². The number of halogens is 3. The molecule has 1 aromatic heterocycles. The second-order valence-electron chi connectivity index (χ2n) is 6.52. The molecule has 1 aromatic carbocycles. The highest BCUT2D eigenvalue weighted by molar-refractivity contribution is 7.98. The molecule has 1 atom stereocenters. The van der Waals surface area contributed by atoms with Crippen molar-refractivity contribution in [3.63, 3.8) is 0 Å². The number of aromatic nitrogens is 1. The van der Waals surface area contributed by atoms with Crippen LogP contribution in [0.15, 0.2) is 47.0 Å². The highest BCUT2D eigenvalue weighted by atomic mass is 32.2. The minimum atomic E-state index is -4.42. The summed E-state index contributed by atoms with van der Waals surface area (Å²) >= 11 is 1.61. The van der Waals surface area contributed by atoms with Gasteiger partial charge in [-0.15, -0.1) is 0 Å². The van der Waals surface area contributed by atoms with Crippen LogP contribution in [0.2, 0.25) is 0 Å². The maximum atomic E-state index is 12.8. The normalized spacial score (nSPS) is 20.0. The monoisotopic (exact) mass is 393 g/mol. The number of alkyl halides is 3. The summed E-state index contributed by atoms with van der Waals surface area (Å²) in [4.78, 5) is 6.21. The Morgan fingerprint density at radius 2 is 1.93 bits per heavy atom. The number of benzene rings is 1. The average Bonchev–Trinajstić information content (AvgIpc) is 2.68. The van der Waals surface area contributed by atoms with Gasteiger partial charge in [-0.1, -0.05) is 12.1 Å². The Bertz CT molecular complexity index is 839. The minimum absolute atomic E-state index is 0.0746. The van der Waals surface area contributed by atoms with Crippen molar-refractivity contribution < 1.29 is 17.9 Å². The number of ether oxygens (including phenoxy) is 1. The molecule has 2 aromatic rings. The van der Waals surface area contributed by atoms with Gasteiger partial charge in [-0.05, 0) is 48.6 Å². The Kier molecular flexibility index (Phi) is 4.99. The summed E-state index contributed by atoms with van der Waals surface area (Å²) < 4.78 is 48.6. The van der Waals surface area contributed by atoms with Gasteiger partial charge in [-0.25, -0.2) is 9.38 Å². The van der Waals surface area contributed by atoms with E-state index < -0.39 is 11.7 Å². The van der Waals surface area contributed by atoms with Gasteiger partial charge >= 0.3 is 6.18 Å². The van der Waals surface area contributed by atoms with Gasteiger partial charge in [0.1, 0.15) is 11.6 Å². The predicted molar refractivity (Wildman–Crippen MR) is 99.2 cm³/mol. The number of hydrogen-bond acceptors (Lipinski definition) is 5. The molecule has 1 saturated heterocycles. The number of fused-ring (bicyclic) bond motifs is 1. The maximum absolute atomic E-state index is 12.8. The van der Waals surface area contributed by atoms with Crippen LogP contribution in [0.4, 0.5) is 13.2 Å². The molecule has 0 radical (unpaired) electrons. The molecule has 0 amide bonds. The van der Waals surface area contributed by atoms with Crippen molar-refractivity contribution >= 4 is 17.8 Å². The summed E-state index contributed by atoms with van der Waals surface area (Å²) in [5.41, 5.74) is 0.365. The Hall–Kier alpha value is -2.22. The molecule has 0 N–H and O–H groups in total. The molecule has 4 nitrogen and oxygen atoms in total. The molecule has 1 fully saturated rings. The van der Waals surface area contributed by atoms with Gasteiger partial charge in [0, 0.05) is 37.0 Å². The molecule has 1 unspecified atom stereocenters. The summed E-state index contributed by atoms with van der Waals surface area (Å²) in [5, 5.41) is 0. The van der Waals surface area contributed by atoms with E-state index in [1.807, 2.05) is 12.1 Å². The molecule has 142 valence electrons. The number of pyridine rings is 1. The van der Waals surface area contributed by atoms with E-state index in [1.54, 1.807) is 24.1 Å². The standard InChI is InChI=1S/C19H18F3N3OS/c20-19(21,22)14-7-8-23-17(12-14)26-15-5-3-13(4-6-15)16-2-1-9-25-10-11-27-24-18(16)25/h3-8,12,16H,1-2,9-11H2. The molecule has 0 spiro atoms. The van der Waals surface area contributed by atoms with E-state index in [2.05, 4.69) is 14.3 Å². The van der Waals surface area contributed by atoms with Gasteiger partial charge in [-0.3, -0.25) is 0 Å². The number of piperidine rings is 1. The van der Waals surface area contributed by atoms with E-state index in [0.29, 0.717) is 5.75 Å². The molecule has 0 aliphatic carbocycles. The van der Waals surface area contributed by atoms with Gasteiger partial charge in [0.15, 0.2) is 0 Å². The van der Waals surface area contributed by atoms with E-state index in [9.17, 15) is 13.2 Å². The van der Waals surface area contributed by atoms with E-state index >= 15 is 0 Å². The summed E-state index contributed by atoms with van der Waals surface area (Å²) in [6.07, 6.45) is -1.15. The third-order valence-electron chi connectivity index (χ3n) is 4.73. The minimum Gasteiger partial charge on any atom is -0.439 e. The van der Waals surface area contributed by atoms with Crippen LogP contribution in [0.1, 0.15) is 29.9 Å². The lowest BCUT2D eigenvalue weighted by Crippen LogP contribution is -2.42. The quantitative estimate of drug-likeness (QED) is 0.678.